The molecule has 2 bridgehead atoms. The lowest BCUT2D eigenvalue weighted by molar-refractivity contribution is -0.114. The van der Waals surface area contributed by atoms with E-state index in [1.54, 1.807) is 12.3 Å². The summed E-state index contributed by atoms with van der Waals surface area (Å²) >= 11 is 0. The molecule has 1 amide bonds. The third kappa shape index (κ3) is 2.68. The minimum absolute atomic E-state index is 0.0981. The maximum absolute atomic E-state index is 12.1. The topological polar surface area (TPSA) is 67.2 Å². The fourth-order valence-corrected chi connectivity index (χ4v) is 3.93. The van der Waals surface area contributed by atoms with Crippen LogP contribution in [-0.2, 0) is 11.3 Å². The fraction of sp³-hybridized carbons (Fsp3) is 0.389. The summed E-state index contributed by atoms with van der Waals surface area (Å²) in [5, 5.41) is 2.74. The van der Waals surface area contributed by atoms with Crippen LogP contribution in [0.2, 0.25) is 0 Å². The molecule has 2 aromatic heterocycles. The van der Waals surface area contributed by atoms with Gasteiger partial charge in [0.25, 0.3) is 5.56 Å². The summed E-state index contributed by atoms with van der Waals surface area (Å²) < 4.78 is 1.93. The first-order valence-electron chi connectivity index (χ1n) is 8.28. The lowest BCUT2D eigenvalue weighted by atomic mass is 9.83. The largest absolute Gasteiger partial charge is 0.356 e. The van der Waals surface area contributed by atoms with Gasteiger partial charge >= 0.3 is 0 Å². The van der Waals surface area contributed by atoms with E-state index in [-0.39, 0.29) is 11.5 Å². The van der Waals surface area contributed by atoms with Gasteiger partial charge in [-0.2, -0.15) is 0 Å². The molecule has 0 spiro atoms. The SMILES string of the molecule is CC(=O)Nc1ccc(N2C[C@H]3C[C@@H](C2)c2cccc(=O)n2C3)nc1. The molecule has 1 N–H and O–H groups in total. The Morgan fingerprint density at radius 1 is 1.21 bits per heavy atom. The van der Waals surface area contributed by atoms with Crippen molar-refractivity contribution in [2.75, 3.05) is 23.3 Å². The zero-order valence-electron chi connectivity index (χ0n) is 13.6. The van der Waals surface area contributed by atoms with Gasteiger partial charge in [-0.15, -0.1) is 0 Å². The first kappa shape index (κ1) is 14.9. The Kier molecular flexibility index (Phi) is 3.59. The van der Waals surface area contributed by atoms with Crippen LogP contribution >= 0.6 is 0 Å². The van der Waals surface area contributed by atoms with Crippen LogP contribution in [0.25, 0.3) is 0 Å². The highest BCUT2D eigenvalue weighted by atomic mass is 16.1. The average Bonchev–Trinajstić information content (AvgIpc) is 2.56. The molecular formula is C18H20N4O2. The number of nitrogens with zero attached hydrogens (tertiary/aromatic N) is 3. The highest BCUT2D eigenvalue weighted by molar-refractivity contribution is 5.88. The summed E-state index contributed by atoms with van der Waals surface area (Å²) in [7, 11) is 0. The molecule has 24 heavy (non-hydrogen) atoms. The number of anilines is 2. The predicted octanol–water partition coefficient (Wildman–Crippen LogP) is 1.83. The number of nitrogens with one attached hydrogen (secondary N) is 1. The van der Waals surface area contributed by atoms with E-state index in [1.807, 2.05) is 22.8 Å². The van der Waals surface area contributed by atoms with Crippen LogP contribution in [0, 0.1) is 5.92 Å². The first-order chi connectivity index (χ1) is 11.6. The van der Waals surface area contributed by atoms with Gasteiger partial charge in [-0.1, -0.05) is 6.07 Å². The summed E-state index contributed by atoms with van der Waals surface area (Å²) in [4.78, 5) is 30.0. The second-order valence-corrected chi connectivity index (χ2v) is 6.69. The fourth-order valence-electron chi connectivity index (χ4n) is 3.93. The number of carbonyl (C=O) groups is 1. The van der Waals surface area contributed by atoms with Gasteiger partial charge in [0, 0.05) is 44.2 Å². The van der Waals surface area contributed by atoms with Crippen LogP contribution < -0.4 is 15.8 Å². The van der Waals surface area contributed by atoms with E-state index in [0.29, 0.717) is 17.5 Å². The first-order valence-corrected chi connectivity index (χ1v) is 8.28. The van der Waals surface area contributed by atoms with E-state index in [4.69, 9.17) is 0 Å². The number of fused-ring (bicyclic) bond motifs is 4. The lowest BCUT2D eigenvalue weighted by Crippen LogP contribution is -2.47. The van der Waals surface area contributed by atoms with Crippen LogP contribution in [0.4, 0.5) is 11.5 Å². The van der Waals surface area contributed by atoms with Gasteiger partial charge in [0.15, 0.2) is 0 Å². The number of rotatable bonds is 2. The number of pyridine rings is 2. The molecule has 2 aromatic rings. The monoisotopic (exact) mass is 324 g/mol. The molecule has 0 unspecified atom stereocenters. The molecule has 6 heteroatoms. The van der Waals surface area contributed by atoms with E-state index in [9.17, 15) is 9.59 Å². The molecule has 0 radical (unpaired) electrons. The summed E-state index contributed by atoms with van der Waals surface area (Å²) in [6, 6.07) is 9.40. The average molecular weight is 324 g/mol. The van der Waals surface area contributed by atoms with Crippen LogP contribution in [0.3, 0.4) is 0 Å². The molecule has 2 aliphatic rings. The lowest BCUT2D eigenvalue weighted by Gasteiger charge is -2.43. The van der Waals surface area contributed by atoms with E-state index >= 15 is 0 Å². The van der Waals surface area contributed by atoms with Gasteiger partial charge in [0.05, 0.1) is 11.9 Å². The molecule has 4 heterocycles. The van der Waals surface area contributed by atoms with E-state index in [1.165, 1.54) is 6.92 Å². The van der Waals surface area contributed by atoms with E-state index < -0.39 is 0 Å². The highest BCUT2D eigenvalue weighted by Gasteiger charge is 2.34. The molecular weight excluding hydrogens is 304 g/mol. The van der Waals surface area contributed by atoms with Gasteiger partial charge < -0.3 is 14.8 Å². The van der Waals surface area contributed by atoms with Crippen LogP contribution in [0.1, 0.15) is 25.0 Å². The van der Waals surface area contributed by atoms with Crippen molar-refractivity contribution >= 4 is 17.4 Å². The minimum atomic E-state index is -0.0981. The zero-order chi connectivity index (χ0) is 16.7. The molecule has 0 saturated carbocycles. The molecule has 124 valence electrons. The highest BCUT2D eigenvalue weighted by Crippen LogP contribution is 2.36. The van der Waals surface area contributed by atoms with Crippen LogP contribution in [0.15, 0.2) is 41.3 Å². The number of carbonyl (C=O) groups excluding carboxylic acids is 1. The van der Waals surface area contributed by atoms with Crippen molar-refractivity contribution in [2.45, 2.75) is 25.8 Å². The zero-order valence-corrected chi connectivity index (χ0v) is 13.6. The molecule has 0 aliphatic carbocycles. The third-order valence-corrected chi connectivity index (χ3v) is 4.87. The number of hydrogen-bond acceptors (Lipinski definition) is 4. The smallest absolute Gasteiger partial charge is 0.250 e. The van der Waals surface area contributed by atoms with Crippen LogP contribution in [-0.4, -0.2) is 28.5 Å². The molecule has 4 rings (SSSR count). The van der Waals surface area contributed by atoms with E-state index in [0.717, 1.165) is 37.6 Å². The number of aromatic nitrogens is 2. The van der Waals surface area contributed by atoms with Crippen molar-refractivity contribution in [1.29, 1.82) is 0 Å². The molecule has 0 aromatic carbocycles. The van der Waals surface area contributed by atoms with Crippen molar-refractivity contribution in [3.8, 4) is 0 Å². The summed E-state index contributed by atoms with van der Waals surface area (Å²) in [6.07, 6.45) is 2.82. The second kappa shape index (κ2) is 5.78. The van der Waals surface area contributed by atoms with Crippen molar-refractivity contribution in [2.24, 2.45) is 5.92 Å². The standard InChI is InChI=1S/C18H20N4O2/c1-12(23)20-15-5-6-17(19-8-15)21-9-13-7-14(11-21)16-3-2-4-18(24)22(16)10-13/h2-6,8,13-14H,7,9-11H2,1H3,(H,20,23)/t13-,14+/m1/s1. The Labute approximate surface area is 140 Å². The summed E-state index contributed by atoms with van der Waals surface area (Å²) in [5.41, 5.74) is 1.95. The quantitative estimate of drug-likeness (QED) is 0.915. The van der Waals surface area contributed by atoms with Crippen LogP contribution in [0.5, 0.6) is 0 Å². The van der Waals surface area contributed by atoms with Crippen molar-refractivity contribution in [3.05, 3.63) is 52.6 Å². The van der Waals surface area contributed by atoms with Crippen molar-refractivity contribution in [3.63, 3.8) is 0 Å². The number of hydrogen-bond donors (Lipinski definition) is 1. The Balaban J connectivity index is 1.58. The van der Waals surface area contributed by atoms with Gasteiger partial charge in [-0.05, 0) is 30.5 Å². The maximum Gasteiger partial charge on any atom is 0.250 e. The normalized spacial score (nSPS) is 22.0. The molecule has 1 fully saturated rings. The minimum Gasteiger partial charge on any atom is -0.356 e. The third-order valence-electron chi connectivity index (χ3n) is 4.87. The summed E-state index contributed by atoms with van der Waals surface area (Å²) in [5.74, 6) is 1.65. The molecule has 2 aliphatic heterocycles. The Morgan fingerprint density at radius 2 is 2.08 bits per heavy atom. The Morgan fingerprint density at radius 3 is 2.83 bits per heavy atom. The van der Waals surface area contributed by atoms with Gasteiger partial charge in [0.2, 0.25) is 5.91 Å². The number of amides is 1. The molecule has 1 saturated heterocycles. The predicted molar refractivity (Wildman–Crippen MR) is 92.3 cm³/mol. The van der Waals surface area contributed by atoms with E-state index in [2.05, 4.69) is 21.3 Å². The second-order valence-electron chi connectivity index (χ2n) is 6.69. The molecule has 2 atom stereocenters. The van der Waals surface area contributed by atoms with Gasteiger partial charge in [-0.3, -0.25) is 9.59 Å². The number of piperidine rings is 1. The van der Waals surface area contributed by atoms with Crippen molar-refractivity contribution in [1.82, 2.24) is 9.55 Å². The van der Waals surface area contributed by atoms with Gasteiger partial charge in [0.1, 0.15) is 5.82 Å². The maximum atomic E-state index is 12.1. The Hall–Kier alpha value is -2.63. The molecule has 6 nitrogen and oxygen atoms in total. The van der Waals surface area contributed by atoms with Gasteiger partial charge in [-0.25, -0.2) is 4.98 Å². The summed E-state index contributed by atoms with van der Waals surface area (Å²) in [6.45, 7) is 4.04. The Bertz CT molecular complexity index is 828. The van der Waals surface area contributed by atoms with Crippen molar-refractivity contribution < 1.29 is 4.79 Å².